The van der Waals surface area contributed by atoms with Gasteiger partial charge in [-0.1, -0.05) is 15.9 Å². The molecule has 31 heavy (non-hydrogen) atoms. The molecule has 0 aromatic carbocycles. The van der Waals surface area contributed by atoms with Crippen molar-refractivity contribution in [3.05, 3.63) is 0 Å². The number of alkyl halides is 1. The fourth-order valence-corrected chi connectivity index (χ4v) is 4.93. The molecular weight excluding hydrogens is 472 g/mol. The Balaban J connectivity index is 2.96. The van der Waals surface area contributed by atoms with Crippen LogP contribution in [0.4, 0.5) is 0 Å². The molecule has 1 fully saturated rings. The maximum absolute atomic E-state index is 11.0. The lowest BCUT2D eigenvalue weighted by Gasteiger charge is -2.47. The lowest BCUT2D eigenvalue weighted by atomic mass is 9.70. The number of aliphatic carboxylic acids is 3. The molecule has 3 N–H and O–H groups in total. The third kappa shape index (κ3) is 11.3. The smallest absolute Gasteiger partial charge is 0.303 e. The van der Waals surface area contributed by atoms with Crippen LogP contribution in [0.3, 0.4) is 0 Å². The molecule has 1 aliphatic rings. The Morgan fingerprint density at radius 2 is 1.26 bits per heavy atom. The highest BCUT2D eigenvalue weighted by molar-refractivity contribution is 9.09. The highest BCUT2D eigenvalue weighted by Crippen LogP contribution is 2.43. The molecule has 0 amide bonds. The van der Waals surface area contributed by atoms with Crippen LogP contribution in [-0.4, -0.2) is 57.6 Å². The summed E-state index contributed by atoms with van der Waals surface area (Å²) >= 11 is 3.40. The summed E-state index contributed by atoms with van der Waals surface area (Å²) in [7, 11) is 0. The number of halogens is 1. The van der Waals surface area contributed by atoms with Gasteiger partial charge >= 0.3 is 17.9 Å². The molecule has 0 radical (unpaired) electrons. The van der Waals surface area contributed by atoms with Crippen LogP contribution in [0.5, 0.6) is 0 Å². The van der Waals surface area contributed by atoms with E-state index < -0.39 is 24.2 Å². The third-order valence-electron chi connectivity index (χ3n) is 6.00. The highest BCUT2D eigenvalue weighted by atomic mass is 79.9. The first-order valence-electron chi connectivity index (χ1n) is 11.2. The average molecular weight is 509 g/mol. The molecule has 5 atom stereocenters. The number of carboxylic acids is 3. The zero-order valence-corrected chi connectivity index (χ0v) is 19.9. The molecule has 1 saturated heterocycles. The highest BCUT2D eigenvalue weighted by Gasteiger charge is 2.43. The molecular formula is C22H37BrO8. The van der Waals surface area contributed by atoms with Gasteiger partial charge in [-0.25, -0.2) is 0 Å². The summed E-state index contributed by atoms with van der Waals surface area (Å²) in [5, 5.41) is 28.0. The van der Waals surface area contributed by atoms with E-state index in [1.54, 1.807) is 0 Å². The number of carbonyl (C=O) groups is 3. The van der Waals surface area contributed by atoms with Crippen molar-refractivity contribution in [3.63, 3.8) is 0 Å². The molecule has 180 valence electrons. The van der Waals surface area contributed by atoms with Gasteiger partial charge in [0.2, 0.25) is 0 Å². The molecule has 8 nitrogen and oxygen atoms in total. The number of unbranched alkanes of at least 4 members (excludes halogenated alkanes) is 1. The monoisotopic (exact) mass is 508 g/mol. The number of hydrogen-bond acceptors (Lipinski definition) is 5. The maximum atomic E-state index is 11.0. The second kappa shape index (κ2) is 15.6. The van der Waals surface area contributed by atoms with Crippen LogP contribution in [0.1, 0.15) is 77.6 Å². The summed E-state index contributed by atoms with van der Waals surface area (Å²) in [6.45, 7) is 2.52. The van der Waals surface area contributed by atoms with E-state index in [0.29, 0.717) is 45.1 Å². The fourth-order valence-electron chi connectivity index (χ4n) is 4.53. The van der Waals surface area contributed by atoms with Crippen LogP contribution in [0.2, 0.25) is 0 Å². The predicted octanol–water partition coefficient (Wildman–Crippen LogP) is 4.54. The Hall–Kier alpha value is -1.19. The van der Waals surface area contributed by atoms with Crippen LogP contribution in [0, 0.1) is 17.8 Å². The molecule has 1 aliphatic heterocycles. The van der Waals surface area contributed by atoms with Crippen LogP contribution < -0.4 is 0 Å². The maximum Gasteiger partial charge on any atom is 0.303 e. The first-order chi connectivity index (χ1) is 14.8. The second-order valence-corrected chi connectivity index (χ2v) is 9.12. The van der Waals surface area contributed by atoms with Gasteiger partial charge in [0.05, 0.1) is 6.10 Å². The molecule has 0 aromatic rings. The van der Waals surface area contributed by atoms with Crippen LogP contribution >= 0.6 is 15.9 Å². The summed E-state index contributed by atoms with van der Waals surface area (Å²) in [6, 6.07) is 0. The number of hydrogen-bond donors (Lipinski definition) is 3. The first kappa shape index (κ1) is 27.8. The average Bonchev–Trinajstić information content (AvgIpc) is 2.68. The Kier molecular flexibility index (Phi) is 14.0. The molecule has 0 spiro atoms. The Bertz CT molecular complexity index is 556. The second-order valence-electron chi connectivity index (χ2n) is 8.33. The van der Waals surface area contributed by atoms with E-state index in [9.17, 15) is 14.4 Å². The van der Waals surface area contributed by atoms with Crippen molar-refractivity contribution in [1.29, 1.82) is 0 Å². The molecule has 1 heterocycles. The van der Waals surface area contributed by atoms with Gasteiger partial charge in [-0.05, 0) is 70.1 Å². The van der Waals surface area contributed by atoms with Crippen LogP contribution in [0.15, 0.2) is 0 Å². The van der Waals surface area contributed by atoms with E-state index >= 15 is 0 Å². The Morgan fingerprint density at radius 3 is 1.74 bits per heavy atom. The van der Waals surface area contributed by atoms with Gasteiger partial charge in [-0.3, -0.25) is 14.4 Å². The largest absolute Gasteiger partial charge is 0.481 e. The van der Waals surface area contributed by atoms with Crippen molar-refractivity contribution in [2.75, 3.05) is 11.9 Å². The third-order valence-corrected chi connectivity index (χ3v) is 6.56. The lowest BCUT2D eigenvalue weighted by molar-refractivity contribution is -0.255. The van der Waals surface area contributed by atoms with Crippen molar-refractivity contribution in [3.8, 4) is 0 Å². The van der Waals surface area contributed by atoms with Crippen molar-refractivity contribution < 1.29 is 39.2 Å². The van der Waals surface area contributed by atoms with Gasteiger partial charge in [0.25, 0.3) is 0 Å². The van der Waals surface area contributed by atoms with Gasteiger partial charge in [0.15, 0.2) is 6.29 Å². The van der Waals surface area contributed by atoms with Gasteiger partial charge in [-0.15, -0.1) is 0 Å². The summed E-state index contributed by atoms with van der Waals surface area (Å²) in [5.74, 6) is -2.37. The van der Waals surface area contributed by atoms with Crippen LogP contribution in [-0.2, 0) is 23.9 Å². The normalized spacial score (nSPS) is 25.9. The minimum Gasteiger partial charge on any atom is -0.481 e. The van der Waals surface area contributed by atoms with Gasteiger partial charge < -0.3 is 24.8 Å². The Morgan fingerprint density at radius 1 is 0.774 bits per heavy atom. The van der Waals surface area contributed by atoms with E-state index in [-0.39, 0.29) is 43.1 Å². The SMILES string of the molecule is C[C@@H]1OC(OCCCCBr)[C@H](CCCC(=O)O)[C@H](CCCC(=O)O)[C@@H]1CCCC(=O)O. The summed E-state index contributed by atoms with van der Waals surface area (Å²) < 4.78 is 12.3. The Labute approximate surface area is 192 Å². The minimum absolute atomic E-state index is 0.0388. The lowest BCUT2D eigenvalue weighted by Crippen LogP contribution is -2.48. The van der Waals surface area contributed by atoms with Crippen molar-refractivity contribution in [2.24, 2.45) is 17.8 Å². The van der Waals surface area contributed by atoms with Crippen molar-refractivity contribution in [1.82, 2.24) is 0 Å². The molecule has 0 bridgehead atoms. The minimum atomic E-state index is -0.847. The summed E-state index contributed by atoms with van der Waals surface area (Å²) in [4.78, 5) is 33.0. The molecule has 0 aromatic heterocycles. The van der Waals surface area contributed by atoms with Crippen molar-refractivity contribution in [2.45, 2.75) is 89.9 Å². The first-order valence-corrected chi connectivity index (χ1v) is 12.4. The van der Waals surface area contributed by atoms with Crippen molar-refractivity contribution >= 4 is 33.8 Å². The molecule has 1 unspecified atom stereocenters. The molecule has 0 aliphatic carbocycles. The van der Waals surface area contributed by atoms with E-state index in [0.717, 1.165) is 18.2 Å². The number of rotatable bonds is 17. The summed E-state index contributed by atoms with van der Waals surface area (Å²) in [5.41, 5.74) is 0. The standard InChI is InChI=1S/C22H37BrO8/c1-15-16(7-4-10-19(24)25)17(8-5-11-20(26)27)18(9-6-12-21(28)29)22(31-15)30-14-3-2-13-23/h15-18,22H,2-14H2,1H3,(H,24,25)(H,26,27)(H,28,29)/t15-,16+,17+,18+,22?/m0/s1. The quantitative estimate of drug-likeness (QED) is 0.193. The predicted molar refractivity (Wildman–Crippen MR) is 118 cm³/mol. The van der Waals surface area contributed by atoms with E-state index in [1.165, 1.54) is 0 Å². The molecule has 0 saturated carbocycles. The van der Waals surface area contributed by atoms with Gasteiger partial charge in [0.1, 0.15) is 0 Å². The number of carboxylic acid groups (broad SMARTS) is 3. The molecule has 9 heteroatoms. The van der Waals surface area contributed by atoms with E-state index in [1.807, 2.05) is 6.92 Å². The molecule has 1 rings (SSSR count). The zero-order chi connectivity index (χ0) is 23.2. The fraction of sp³-hybridized carbons (Fsp3) is 0.864. The van der Waals surface area contributed by atoms with Gasteiger partial charge in [-0.2, -0.15) is 0 Å². The summed E-state index contributed by atoms with van der Waals surface area (Å²) in [6.07, 6.45) is 5.01. The van der Waals surface area contributed by atoms with Gasteiger partial charge in [0, 0.05) is 37.1 Å². The van der Waals surface area contributed by atoms with E-state index in [2.05, 4.69) is 15.9 Å². The van der Waals surface area contributed by atoms with E-state index in [4.69, 9.17) is 24.8 Å². The topological polar surface area (TPSA) is 130 Å². The van der Waals surface area contributed by atoms with Crippen LogP contribution in [0.25, 0.3) is 0 Å². The zero-order valence-electron chi connectivity index (χ0n) is 18.3. The number of ether oxygens (including phenoxy) is 2.